The Morgan fingerprint density at radius 2 is 0.582 bits per heavy atom. The van der Waals surface area contributed by atoms with Crippen LogP contribution < -0.4 is 0 Å². The van der Waals surface area contributed by atoms with E-state index in [2.05, 4.69) is 160 Å². The first kappa shape index (κ1) is 44.6. The second-order valence-electron chi connectivity index (χ2n) is 16.6. The van der Waals surface area contributed by atoms with Gasteiger partial charge in [-0.3, -0.25) is 15.0 Å². The summed E-state index contributed by atoms with van der Waals surface area (Å²) >= 11 is 0. The van der Waals surface area contributed by atoms with E-state index in [0.717, 1.165) is 84.1 Å². The third-order valence-corrected chi connectivity index (χ3v) is 12.1. The van der Waals surface area contributed by atoms with Crippen LogP contribution in [0.25, 0.3) is 98.4 Å². The van der Waals surface area contributed by atoms with Gasteiger partial charge in [0.15, 0.2) is 0 Å². The molecule has 67 heavy (non-hydrogen) atoms. The molecule has 0 N–H and O–H groups in total. The molecule has 6 heterocycles. The minimum absolute atomic E-state index is 0. The summed E-state index contributed by atoms with van der Waals surface area (Å²) in [7, 11) is 0. The van der Waals surface area contributed by atoms with Crippen molar-refractivity contribution in [3.8, 4) is 33.8 Å². The van der Waals surface area contributed by atoms with Crippen molar-refractivity contribution < 1.29 is 20.1 Å². The molecule has 0 aliphatic heterocycles. The van der Waals surface area contributed by atoms with Gasteiger partial charge < -0.3 is 15.0 Å². The molecule has 0 fully saturated rings. The van der Waals surface area contributed by atoms with Gasteiger partial charge in [0.05, 0.1) is 0 Å². The molecule has 0 spiro atoms. The van der Waals surface area contributed by atoms with E-state index in [1.165, 1.54) is 48.5 Å². The summed E-state index contributed by atoms with van der Waals surface area (Å²) in [5.74, 6) is 0. The van der Waals surface area contributed by atoms with Crippen molar-refractivity contribution >= 4 is 64.6 Å². The fraction of sp³-hybridized carbons (Fsp3) is 0.100. The average Bonchev–Trinajstić information content (AvgIpc) is 3.34. The first-order chi connectivity index (χ1) is 32.2. The summed E-state index contributed by atoms with van der Waals surface area (Å²) in [6.45, 7) is 12.3. The molecule has 0 saturated heterocycles. The molecule has 0 bridgehead atoms. The zero-order chi connectivity index (χ0) is 45.3. The number of pyridine rings is 6. The molecule has 0 radical (unpaired) electrons. The van der Waals surface area contributed by atoms with E-state index in [-0.39, 0.29) is 20.1 Å². The molecule has 0 unspecified atom stereocenters. The number of hydrogen-bond acceptors (Lipinski definition) is 6. The van der Waals surface area contributed by atoms with Gasteiger partial charge in [-0.25, -0.2) is 0 Å². The summed E-state index contributed by atoms with van der Waals surface area (Å²) in [5.41, 5.74) is 12.3. The van der Waals surface area contributed by atoms with E-state index in [1.54, 1.807) is 0 Å². The molecule has 0 saturated carbocycles. The van der Waals surface area contributed by atoms with Gasteiger partial charge >= 0.3 is 20.1 Å². The van der Waals surface area contributed by atoms with Crippen LogP contribution in [0.3, 0.4) is 0 Å². The minimum Gasteiger partial charge on any atom is -0.304 e. The van der Waals surface area contributed by atoms with E-state index in [1.807, 2.05) is 94.0 Å². The third-order valence-electron chi connectivity index (χ3n) is 12.1. The molecule has 12 aromatic rings. The van der Waals surface area contributed by atoms with Gasteiger partial charge in [-0.2, -0.15) is 0 Å². The maximum absolute atomic E-state index is 4.58. The summed E-state index contributed by atoms with van der Waals surface area (Å²) in [5, 5.41) is 14.4. The van der Waals surface area contributed by atoms with Crippen LogP contribution in [-0.2, 0) is 20.1 Å². The smallest absolute Gasteiger partial charge is 0.304 e. The van der Waals surface area contributed by atoms with Gasteiger partial charge in [0.1, 0.15) is 0 Å². The topological polar surface area (TPSA) is 77.3 Å². The van der Waals surface area contributed by atoms with Crippen LogP contribution in [0.15, 0.2) is 164 Å². The monoisotopic (exact) mass is 1040 g/mol. The van der Waals surface area contributed by atoms with Crippen molar-refractivity contribution in [2.75, 3.05) is 0 Å². The zero-order valence-corrected chi connectivity index (χ0v) is 40.5. The van der Waals surface area contributed by atoms with Crippen LogP contribution in [0, 0.1) is 59.7 Å². The normalized spacial score (nSPS) is 11.0. The second-order valence-corrected chi connectivity index (χ2v) is 16.6. The molecule has 324 valence electrons. The maximum Gasteiger partial charge on any atom is 3.00 e. The van der Waals surface area contributed by atoms with Crippen molar-refractivity contribution in [3.63, 3.8) is 0 Å². The van der Waals surface area contributed by atoms with Gasteiger partial charge in [-0.05, 0) is 143 Å². The Labute approximate surface area is 404 Å². The Hall–Kier alpha value is -7.57. The van der Waals surface area contributed by atoms with Gasteiger partial charge in [0.2, 0.25) is 0 Å². The van der Waals surface area contributed by atoms with Gasteiger partial charge in [-0.15, -0.1) is 108 Å². The number of benzene rings is 6. The number of aryl methyl sites for hydroxylation is 6. The molecule has 6 aromatic heterocycles. The number of hydrogen-bond donors (Lipinski definition) is 0. The predicted molar refractivity (Wildman–Crippen MR) is 272 cm³/mol. The molecule has 7 heteroatoms. The molecule has 0 aliphatic carbocycles. The summed E-state index contributed by atoms with van der Waals surface area (Å²) in [6.07, 6.45) is 5.63. The number of fused-ring (bicyclic) bond motifs is 9. The number of nitrogens with zero attached hydrogens (tertiary/aromatic N) is 6. The molecular formula is C60H45IrN6. The van der Waals surface area contributed by atoms with E-state index in [0.29, 0.717) is 0 Å². The standard InChI is InChI=1S/3C20H15N2.Ir/c3*1-13-12-19-16(14(2)22-13)8-9-18-17(19)10-11-21-20(18)15-6-4-3-5-7-15;/h3*3-6,8-12H,1-2H3;/q3*-1;+3. The first-order valence-corrected chi connectivity index (χ1v) is 22.1. The fourth-order valence-corrected chi connectivity index (χ4v) is 9.21. The van der Waals surface area contributed by atoms with Gasteiger partial charge in [0, 0.05) is 68.9 Å². The Bertz CT molecular complexity index is 3370. The van der Waals surface area contributed by atoms with Crippen molar-refractivity contribution in [1.29, 1.82) is 0 Å². The van der Waals surface area contributed by atoms with E-state index < -0.39 is 0 Å². The summed E-state index contributed by atoms with van der Waals surface area (Å²) < 4.78 is 0. The number of rotatable bonds is 3. The van der Waals surface area contributed by atoms with Crippen LogP contribution in [0.5, 0.6) is 0 Å². The Kier molecular flexibility index (Phi) is 12.7. The Balaban J connectivity index is 0.000000125. The molecule has 12 rings (SSSR count). The van der Waals surface area contributed by atoms with Crippen LogP contribution in [-0.4, -0.2) is 29.9 Å². The van der Waals surface area contributed by atoms with Crippen molar-refractivity contribution in [3.05, 3.63) is 217 Å². The van der Waals surface area contributed by atoms with Crippen molar-refractivity contribution in [1.82, 2.24) is 29.9 Å². The van der Waals surface area contributed by atoms with Crippen LogP contribution in [0.1, 0.15) is 34.2 Å². The van der Waals surface area contributed by atoms with E-state index in [9.17, 15) is 0 Å². The molecule has 6 nitrogen and oxygen atoms in total. The van der Waals surface area contributed by atoms with Crippen molar-refractivity contribution in [2.45, 2.75) is 41.5 Å². The Morgan fingerprint density at radius 1 is 0.299 bits per heavy atom. The van der Waals surface area contributed by atoms with Crippen molar-refractivity contribution in [2.24, 2.45) is 0 Å². The second kappa shape index (κ2) is 19.1. The zero-order valence-electron chi connectivity index (χ0n) is 38.1. The largest absolute Gasteiger partial charge is 3.00 e. The van der Waals surface area contributed by atoms with E-state index in [4.69, 9.17) is 0 Å². The Morgan fingerprint density at radius 3 is 0.851 bits per heavy atom. The molecule has 6 aromatic carbocycles. The average molecular weight is 1040 g/mol. The summed E-state index contributed by atoms with van der Waals surface area (Å²) in [4.78, 5) is 27.4. The van der Waals surface area contributed by atoms with E-state index >= 15 is 0 Å². The quantitative estimate of drug-likeness (QED) is 0.130. The molecule has 0 amide bonds. The third kappa shape index (κ3) is 8.80. The predicted octanol–water partition coefficient (Wildman–Crippen LogP) is 14.6. The van der Waals surface area contributed by atoms with Crippen LogP contribution in [0.2, 0.25) is 0 Å². The summed E-state index contributed by atoms with van der Waals surface area (Å²) in [6, 6.07) is 59.3. The maximum atomic E-state index is 4.58. The van der Waals surface area contributed by atoms with Gasteiger partial charge in [-0.1, -0.05) is 36.4 Å². The minimum atomic E-state index is 0. The molecule has 0 atom stereocenters. The molecular weight excluding hydrogens is 997 g/mol. The fourth-order valence-electron chi connectivity index (χ4n) is 9.21. The number of aromatic nitrogens is 6. The molecule has 0 aliphatic rings. The van der Waals surface area contributed by atoms with Crippen LogP contribution in [0.4, 0.5) is 0 Å². The van der Waals surface area contributed by atoms with Gasteiger partial charge in [0.25, 0.3) is 0 Å². The SMILES string of the molecule is Cc1cc2c(ccc3c(-c4[c-]cccc4)nccc32)c(C)n1.Cc1cc2c(ccc3c(-c4[c-]cccc4)nccc32)c(C)n1.Cc1cc2c(ccc3c(-c4[c-]cccc4)nccc32)c(C)n1.[Ir+3]. The van der Waals surface area contributed by atoms with Crippen LogP contribution >= 0.6 is 0 Å². The first-order valence-electron chi connectivity index (χ1n) is 22.1.